The monoisotopic (exact) mass is 329 g/mol. The highest BCUT2D eigenvalue weighted by Gasteiger charge is 2.08. The number of anilines is 3. The van der Waals surface area contributed by atoms with Crippen LogP contribution in [0.25, 0.3) is 10.8 Å². The van der Waals surface area contributed by atoms with Crippen molar-refractivity contribution in [2.24, 2.45) is 5.84 Å². The molecule has 5 nitrogen and oxygen atoms in total. The Morgan fingerprint density at radius 3 is 2.50 bits per heavy atom. The lowest BCUT2D eigenvalue weighted by molar-refractivity contribution is 1.12. The number of halogens is 1. The first kappa shape index (κ1) is 12.8. The molecule has 0 amide bonds. The summed E-state index contributed by atoms with van der Waals surface area (Å²) in [5.41, 5.74) is 3.46. The summed E-state index contributed by atoms with van der Waals surface area (Å²) in [4.78, 5) is 8.21. The Hall–Kier alpha value is -2.18. The van der Waals surface area contributed by atoms with Gasteiger partial charge in [0.25, 0.3) is 0 Å². The van der Waals surface area contributed by atoms with Crippen molar-refractivity contribution in [1.82, 2.24) is 9.97 Å². The standard InChI is InChI=1S/C14H12BrN5/c15-12-13(17-8-18-14(12)20-16)19-11-6-5-9-3-1-2-4-10(9)7-11/h1-8H,16H2,(H2,17,18,19,20). The average Bonchev–Trinajstić information content (AvgIpc) is 2.49. The first-order valence-electron chi connectivity index (χ1n) is 6.01. The molecule has 3 aromatic rings. The van der Waals surface area contributed by atoms with Gasteiger partial charge in [0.15, 0.2) is 5.82 Å². The van der Waals surface area contributed by atoms with Crippen molar-refractivity contribution in [2.75, 3.05) is 10.7 Å². The number of hydrogen-bond acceptors (Lipinski definition) is 5. The number of benzene rings is 2. The van der Waals surface area contributed by atoms with Gasteiger partial charge in [-0.3, -0.25) is 0 Å². The molecule has 0 aliphatic rings. The molecule has 0 unspecified atom stereocenters. The maximum absolute atomic E-state index is 5.39. The molecule has 1 aromatic heterocycles. The van der Waals surface area contributed by atoms with Gasteiger partial charge in [0, 0.05) is 5.69 Å². The third-order valence-corrected chi connectivity index (χ3v) is 3.69. The van der Waals surface area contributed by atoms with E-state index in [4.69, 9.17) is 5.84 Å². The zero-order valence-electron chi connectivity index (χ0n) is 10.5. The third-order valence-electron chi connectivity index (χ3n) is 2.94. The summed E-state index contributed by atoms with van der Waals surface area (Å²) in [6, 6.07) is 14.3. The second kappa shape index (κ2) is 5.44. The molecule has 0 saturated heterocycles. The minimum Gasteiger partial charge on any atom is -0.339 e. The molecule has 0 fully saturated rings. The van der Waals surface area contributed by atoms with Crippen molar-refractivity contribution in [3.63, 3.8) is 0 Å². The van der Waals surface area contributed by atoms with E-state index in [-0.39, 0.29) is 0 Å². The van der Waals surface area contributed by atoms with Crippen LogP contribution in [-0.2, 0) is 0 Å². The number of fused-ring (bicyclic) bond motifs is 1. The number of nitrogen functional groups attached to an aromatic ring is 1. The predicted octanol–water partition coefficient (Wildman–Crippen LogP) is 3.42. The largest absolute Gasteiger partial charge is 0.339 e. The molecule has 6 heteroatoms. The molecule has 1 heterocycles. The van der Waals surface area contributed by atoms with E-state index in [1.807, 2.05) is 18.2 Å². The maximum atomic E-state index is 5.39. The number of nitrogens with two attached hydrogens (primary N) is 1. The third kappa shape index (κ3) is 2.43. The summed E-state index contributed by atoms with van der Waals surface area (Å²) in [5.74, 6) is 6.58. The quantitative estimate of drug-likeness (QED) is 0.507. The molecule has 0 radical (unpaired) electrons. The molecule has 0 aliphatic carbocycles. The van der Waals surface area contributed by atoms with Crippen LogP contribution in [-0.4, -0.2) is 9.97 Å². The van der Waals surface area contributed by atoms with E-state index >= 15 is 0 Å². The fourth-order valence-corrected chi connectivity index (χ4v) is 2.38. The second-order valence-electron chi connectivity index (χ2n) is 4.22. The van der Waals surface area contributed by atoms with E-state index in [0.29, 0.717) is 16.1 Å². The van der Waals surface area contributed by atoms with Crippen LogP contribution in [0, 0.1) is 0 Å². The average molecular weight is 330 g/mol. The molecule has 0 spiro atoms. The van der Waals surface area contributed by atoms with Gasteiger partial charge in [-0.05, 0) is 38.8 Å². The predicted molar refractivity (Wildman–Crippen MR) is 84.8 cm³/mol. The minimum absolute atomic E-state index is 0.531. The number of rotatable bonds is 3. The summed E-state index contributed by atoms with van der Waals surface area (Å²) < 4.78 is 0.690. The number of nitrogens with one attached hydrogen (secondary N) is 2. The molecule has 20 heavy (non-hydrogen) atoms. The molecular weight excluding hydrogens is 318 g/mol. The van der Waals surface area contributed by atoms with Gasteiger partial charge in [-0.15, -0.1) is 0 Å². The lowest BCUT2D eigenvalue weighted by Crippen LogP contribution is -2.10. The lowest BCUT2D eigenvalue weighted by atomic mass is 10.1. The van der Waals surface area contributed by atoms with Crippen LogP contribution >= 0.6 is 15.9 Å². The topological polar surface area (TPSA) is 75.9 Å². The van der Waals surface area contributed by atoms with Gasteiger partial charge in [-0.2, -0.15) is 0 Å². The van der Waals surface area contributed by atoms with Crippen molar-refractivity contribution in [3.05, 3.63) is 53.3 Å². The van der Waals surface area contributed by atoms with Gasteiger partial charge in [-0.1, -0.05) is 30.3 Å². The first-order chi connectivity index (χ1) is 9.78. The van der Waals surface area contributed by atoms with Crippen molar-refractivity contribution in [2.45, 2.75) is 0 Å². The van der Waals surface area contributed by atoms with Gasteiger partial charge in [0.1, 0.15) is 16.6 Å². The van der Waals surface area contributed by atoms with Crippen molar-refractivity contribution in [1.29, 1.82) is 0 Å². The van der Waals surface area contributed by atoms with E-state index in [1.165, 1.54) is 17.1 Å². The van der Waals surface area contributed by atoms with Crippen LogP contribution in [0.1, 0.15) is 0 Å². The van der Waals surface area contributed by atoms with E-state index < -0.39 is 0 Å². The minimum atomic E-state index is 0.531. The summed E-state index contributed by atoms with van der Waals surface area (Å²) in [7, 11) is 0. The van der Waals surface area contributed by atoms with Crippen LogP contribution < -0.4 is 16.6 Å². The van der Waals surface area contributed by atoms with Crippen LogP contribution in [0.2, 0.25) is 0 Å². The van der Waals surface area contributed by atoms with E-state index in [2.05, 4.69) is 60.9 Å². The number of hydrogen-bond donors (Lipinski definition) is 3. The number of aromatic nitrogens is 2. The van der Waals surface area contributed by atoms with E-state index in [0.717, 1.165) is 5.69 Å². The van der Waals surface area contributed by atoms with Crippen molar-refractivity contribution >= 4 is 44.0 Å². The van der Waals surface area contributed by atoms with Crippen LogP contribution in [0.3, 0.4) is 0 Å². The molecule has 100 valence electrons. The van der Waals surface area contributed by atoms with Gasteiger partial charge >= 0.3 is 0 Å². The smallest absolute Gasteiger partial charge is 0.159 e. The molecular formula is C14H12BrN5. The van der Waals surface area contributed by atoms with Crippen molar-refractivity contribution in [3.8, 4) is 0 Å². The highest BCUT2D eigenvalue weighted by molar-refractivity contribution is 9.10. The highest BCUT2D eigenvalue weighted by Crippen LogP contribution is 2.29. The van der Waals surface area contributed by atoms with Gasteiger partial charge in [0.05, 0.1) is 0 Å². The molecule has 4 N–H and O–H groups in total. The van der Waals surface area contributed by atoms with Gasteiger partial charge in [-0.25, -0.2) is 15.8 Å². The summed E-state index contributed by atoms with van der Waals surface area (Å²) >= 11 is 3.42. The fourth-order valence-electron chi connectivity index (χ4n) is 1.96. The number of hydrazine groups is 1. The maximum Gasteiger partial charge on any atom is 0.159 e. The number of nitrogens with zero attached hydrogens (tertiary/aromatic N) is 2. The molecule has 2 aromatic carbocycles. The first-order valence-corrected chi connectivity index (χ1v) is 6.80. The fraction of sp³-hybridized carbons (Fsp3) is 0. The Morgan fingerprint density at radius 1 is 0.950 bits per heavy atom. The zero-order chi connectivity index (χ0) is 13.9. The van der Waals surface area contributed by atoms with Gasteiger partial charge in [0.2, 0.25) is 0 Å². The molecule has 3 rings (SSSR count). The Morgan fingerprint density at radius 2 is 1.70 bits per heavy atom. The van der Waals surface area contributed by atoms with Gasteiger partial charge < -0.3 is 10.7 Å². The normalized spacial score (nSPS) is 10.5. The summed E-state index contributed by atoms with van der Waals surface area (Å²) in [6.07, 6.45) is 1.45. The molecule has 0 saturated carbocycles. The molecule has 0 aliphatic heterocycles. The zero-order valence-corrected chi connectivity index (χ0v) is 12.1. The van der Waals surface area contributed by atoms with Crippen LogP contribution in [0.5, 0.6) is 0 Å². The molecule has 0 bridgehead atoms. The van der Waals surface area contributed by atoms with E-state index in [1.54, 1.807) is 0 Å². The van der Waals surface area contributed by atoms with Crippen molar-refractivity contribution < 1.29 is 0 Å². The second-order valence-corrected chi connectivity index (χ2v) is 5.01. The lowest BCUT2D eigenvalue weighted by Gasteiger charge is -2.10. The summed E-state index contributed by atoms with van der Waals surface area (Å²) in [5, 5.41) is 5.61. The highest BCUT2D eigenvalue weighted by atomic mass is 79.9. The Bertz CT molecular complexity index is 759. The van der Waals surface area contributed by atoms with Crippen LogP contribution in [0.4, 0.5) is 17.3 Å². The van der Waals surface area contributed by atoms with E-state index in [9.17, 15) is 0 Å². The Labute approximate surface area is 124 Å². The summed E-state index contributed by atoms with van der Waals surface area (Å²) in [6.45, 7) is 0. The SMILES string of the molecule is NNc1ncnc(Nc2ccc3ccccc3c2)c1Br. The Kier molecular flexibility index (Phi) is 3.49. The Balaban J connectivity index is 1.97. The van der Waals surface area contributed by atoms with Crippen LogP contribution in [0.15, 0.2) is 53.3 Å². The molecule has 0 atom stereocenters.